The second-order valence-corrected chi connectivity index (χ2v) is 15.7. The Kier molecular flexibility index (Phi) is 13.7. The standard InChI is InChI=1S/C30H32N4O14S3.Na/c31-21-10-8-18-24(17-7-6-16(15-20(17)30(38)39)29(37)33-12-3-1-2-5-23(35)36)19-9-11-22(32)28(51(45,46)47)26(19)48-25(18)27(21)50(43,44)34-13-4-14-49(40,41)42;/h6-11,15,32,34H,1-5,12-14,31H2,(H,33,37)(H,35,36)(H,38,39)(H,40,41,42)(H,45,46,47);/q;+1/p-1. The molecule has 0 fully saturated rings. The molecule has 22 heteroatoms. The van der Waals surface area contributed by atoms with E-state index in [0.717, 1.165) is 18.2 Å². The first kappa shape index (κ1) is 42.5. The zero-order valence-corrected chi connectivity index (χ0v) is 31.8. The molecule has 0 saturated heterocycles. The third-order valence-electron chi connectivity index (χ3n) is 7.54. The number of nitrogen functional groups attached to an aromatic ring is 1. The molecule has 274 valence electrons. The molecule has 2 aromatic carbocycles. The Morgan fingerprint density at radius 3 is 2.13 bits per heavy atom. The molecule has 0 bridgehead atoms. The van der Waals surface area contributed by atoms with Crippen LogP contribution in [0.3, 0.4) is 0 Å². The summed E-state index contributed by atoms with van der Waals surface area (Å²) in [6, 6.07) is 8.16. The first-order valence-corrected chi connectivity index (χ1v) is 19.4. The topological polar surface area (TPSA) is 329 Å². The number of aliphatic carboxylic acids is 1. The van der Waals surface area contributed by atoms with Crippen molar-refractivity contribution in [1.82, 2.24) is 10.0 Å². The van der Waals surface area contributed by atoms with Crippen LogP contribution in [0.1, 0.15) is 52.8 Å². The van der Waals surface area contributed by atoms with Gasteiger partial charge in [-0.2, -0.15) is 0 Å². The van der Waals surface area contributed by atoms with E-state index in [0.29, 0.717) is 19.3 Å². The summed E-state index contributed by atoms with van der Waals surface area (Å²) >= 11 is 0. The molecular formula is C30H31N4NaO14S3. The van der Waals surface area contributed by atoms with E-state index in [1.165, 1.54) is 24.3 Å². The molecule has 0 atom stereocenters. The van der Waals surface area contributed by atoms with E-state index in [1.54, 1.807) is 0 Å². The van der Waals surface area contributed by atoms with E-state index < -0.39 is 105 Å². The van der Waals surface area contributed by atoms with Gasteiger partial charge in [-0.05, 0) is 55.2 Å². The minimum atomic E-state index is -5.43. The number of benzene rings is 3. The van der Waals surface area contributed by atoms with Crippen molar-refractivity contribution >= 4 is 64.8 Å². The summed E-state index contributed by atoms with van der Waals surface area (Å²) < 4.78 is 105. The van der Waals surface area contributed by atoms with Gasteiger partial charge in [-0.1, -0.05) is 12.5 Å². The molecule has 0 radical (unpaired) electrons. The largest absolute Gasteiger partial charge is 1.00 e. The fourth-order valence-electron chi connectivity index (χ4n) is 5.31. The maximum absolute atomic E-state index is 13.5. The number of unbranched alkanes of at least 4 members (excludes halogenated alkanes) is 2. The molecule has 2 aromatic rings. The number of rotatable bonds is 16. The maximum Gasteiger partial charge on any atom is 1.00 e. The maximum atomic E-state index is 13.5. The van der Waals surface area contributed by atoms with E-state index in [4.69, 9.17) is 20.7 Å². The molecule has 1 heterocycles. The van der Waals surface area contributed by atoms with Crippen molar-refractivity contribution in [3.8, 4) is 22.5 Å². The number of carboxylic acids is 2. The average molecular weight is 791 g/mol. The van der Waals surface area contributed by atoms with Crippen LogP contribution < -0.4 is 56.1 Å². The first-order valence-electron chi connectivity index (χ1n) is 14.9. The number of carbonyl (C=O) groups is 3. The van der Waals surface area contributed by atoms with E-state index in [-0.39, 0.29) is 70.2 Å². The van der Waals surface area contributed by atoms with Crippen LogP contribution in [0.5, 0.6) is 0 Å². The van der Waals surface area contributed by atoms with Gasteiger partial charge in [-0.15, -0.1) is 0 Å². The van der Waals surface area contributed by atoms with Crippen molar-refractivity contribution in [2.45, 2.75) is 41.9 Å². The number of sulfonamides is 1. The summed E-state index contributed by atoms with van der Waals surface area (Å²) in [5, 5.41) is 26.8. The van der Waals surface area contributed by atoms with Crippen molar-refractivity contribution < 1.29 is 98.3 Å². The van der Waals surface area contributed by atoms with Crippen molar-refractivity contribution in [3.63, 3.8) is 0 Å². The van der Waals surface area contributed by atoms with E-state index in [1.807, 2.05) is 0 Å². The number of carboxylic acid groups (broad SMARTS) is 2. The van der Waals surface area contributed by atoms with Crippen molar-refractivity contribution in [2.75, 3.05) is 24.6 Å². The Labute approximate surface area is 319 Å². The minimum Gasteiger partial charge on any atom is -0.748 e. The monoisotopic (exact) mass is 790 g/mol. The Bertz CT molecular complexity index is 2420. The molecule has 8 N–H and O–H groups in total. The smallest absolute Gasteiger partial charge is 0.748 e. The summed E-state index contributed by atoms with van der Waals surface area (Å²) in [6.45, 7) is -0.395. The summed E-state index contributed by atoms with van der Waals surface area (Å²) in [7, 11) is -14.9. The van der Waals surface area contributed by atoms with Gasteiger partial charge in [-0.3, -0.25) is 15.0 Å². The molecular weight excluding hydrogens is 760 g/mol. The van der Waals surface area contributed by atoms with Gasteiger partial charge >= 0.3 is 41.5 Å². The quantitative estimate of drug-likeness (QED) is 0.0212. The Hall–Kier alpha value is -3.93. The number of nitrogens with two attached hydrogens (primary N) is 2. The molecule has 1 aliphatic carbocycles. The molecule has 1 amide bonds. The number of hydrogen-bond donors (Lipinski definition) is 6. The molecule has 1 aliphatic heterocycles. The molecule has 0 aromatic heterocycles. The van der Waals surface area contributed by atoms with E-state index >= 15 is 0 Å². The van der Waals surface area contributed by atoms with Crippen LogP contribution in [0.4, 0.5) is 5.69 Å². The fraction of sp³-hybridized carbons (Fsp3) is 0.267. The van der Waals surface area contributed by atoms with Crippen LogP contribution in [0.15, 0.2) is 56.7 Å². The third-order valence-corrected chi connectivity index (χ3v) is 10.8. The van der Waals surface area contributed by atoms with Gasteiger partial charge in [0.25, 0.3) is 5.91 Å². The Morgan fingerprint density at radius 1 is 0.846 bits per heavy atom. The number of carbonyl (C=O) groups excluding carboxylic acids is 1. The molecule has 0 unspecified atom stereocenters. The van der Waals surface area contributed by atoms with Crippen molar-refractivity contribution in [1.29, 1.82) is 0 Å². The third kappa shape index (κ3) is 9.93. The number of amides is 1. The van der Waals surface area contributed by atoms with Crippen molar-refractivity contribution in [3.05, 3.63) is 58.9 Å². The van der Waals surface area contributed by atoms with Crippen LogP contribution in [0, 0.1) is 0 Å². The second kappa shape index (κ2) is 16.8. The molecule has 4 rings (SSSR count). The summed E-state index contributed by atoms with van der Waals surface area (Å²) in [6.07, 6.45) is 0.891. The summed E-state index contributed by atoms with van der Waals surface area (Å²) in [4.78, 5) is 34.4. The van der Waals surface area contributed by atoms with Gasteiger partial charge < -0.3 is 34.8 Å². The number of aromatic carboxylic acids is 1. The van der Waals surface area contributed by atoms with Crippen LogP contribution in [-0.4, -0.2) is 81.3 Å². The second-order valence-electron chi connectivity index (χ2n) is 11.2. The predicted molar refractivity (Wildman–Crippen MR) is 175 cm³/mol. The summed E-state index contributed by atoms with van der Waals surface area (Å²) in [5.41, 5.74) is 3.86. The minimum absolute atomic E-state index is 0. The molecule has 52 heavy (non-hydrogen) atoms. The number of anilines is 1. The molecule has 0 saturated carbocycles. The van der Waals surface area contributed by atoms with Gasteiger partial charge in [-0.25, -0.2) is 34.8 Å². The summed E-state index contributed by atoms with van der Waals surface area (Å²) in [5.74, 6) is -4.81. The number of hydrogen-bond acceptors (Lipinski definition) is 13. The van der Waals surface area contributed by atoms with Gasteiger partial charge in [0, 0.05) is 53.4 Å². The van der Waals surface area contributed by atoms with E-state index in [9.17, 15) is 53.8 Å². The zero-order valence-electron chi connectivity index (χ0n) is 27.4. The van der Waals surface area contributed by atoms with Crippen LogP contribution in [0.25, 0.3) is 33.4 Å². The van der Waals surface area contributed by atoms with Crippen LogP contribution >= 0.6 is 0 Å². The van der Waals surface area contributed by atoms with Crippen LogP contribution in [0.2, 0.25) is 0 Å². The van der Waals surface area contributed by atoms with Crippen LogP contribution in [-0.2, 0) is 35.1 Å². The van der Waals surface area contributed by atoms with Gasteiger partial charge in [0.15, 0.2) is 16.2 Å². The number of nitrogens with one attached hydrogen (secondary N) is 2. The predicted octanol–water partition coefficient (Wildman–Crippen LogP) is -3.36. The first-order chi connectivity index (χ1) is 23.7. The normalized spacial score (nSPS) is 12.0. The SMILES string of the molecule is Nc1ccc2c(-c3ccc(C(=O)NCCCCCC(=O)O)cc3C(=O)O)c3ccc(=[NH2+])c(S(=O)(=O)[O-])c-3oc2c1S(=O)(=O)NCCCS(=O)(=O)[O-].[Na+]. The van der Waals surface area contributed by atoms with Crippen molar-refractivity contribution in [2.24, 2.45) is 0 Å². The number of fused-ring (bicyclic) bond motifs is 2. The average Bonchev–Trinajstić information content (AvgIpc) is 3.01. The Balaban J connectivity index is 0.00000729. The van der Waals surface area contributed by atoms with Gasteiger partial charge in [0.05, 0.1) is 21.4 Å². The zero-order chi connectivity index (χ0) is 37.9. The molecule has 2 aliphatic rings. The molecule has 18 nitrogen and oxygen atoms in total. The van der Waals surface area contributed by atoms with Gasteiger partial charge in [0.2, 0.25) is 15.4 Å². The van der Waals surface area contributed by atoms with E-state index in [2.05, 4.69) is 10.0 Å². The fourth-order valence-corrected chi connectivity index (χ4v) is 7.88. The molecule has 0 spiro atoms. The van der Waals surface area contributed by atoms with Gasteiger partial charge in [0.1, 0.15) is 15.0 Å². The Morgan fingerprint density at radius 2 is 1.52 bits per heavy atom.